The van der Waals surface area contributed by atoms with Crippen molar-refractivity contribution in [3.05, 3.63) is 17.5 Å². The lowest BCUT2D eigenvalue weighted by Gasteiger charge is -2.20. The Balaban J connectivity index is 2.74. The molecule has 1 heterocycles. The maximum atomic E-state index is 5.68. The molecule has 0 aliphatic heterocycles. The number of aromatic nitrogens is 2. The van der Waals surface area contributed by atoms with E-state index in [-0.39, 0.29) is 6.04 Å². The van der Waals surface area contributed by atoms with Crippen LogP contribution in [0.4, 0.5) is 0 Å². The van der Waals surface area contributed by atoms with Crippen LogP contribution in [0.15, 0.2) is 6.07 Å². The summed E-state index contributed by atoms with van der Waals surface area (Å²) in [5.41, 5.74) is 5.24. The van der Waals surface area contributed by atoms with Crippen molar-refractivity contribution in [2.45, 2.75) is 52.5 Å². The normalized spacial score (nSPS) is 14.9. The highest BCUT2D eigenvalue weighted by Gasteiger charge is 2.17. The average molecular weight is 238 g/mol. The van der Waals surface area contributed by atoms with Crippen LogP contribution in [0.5, 0.6) is 0 Å². The third kappa shape index (κ3) is 3.82. The van der Waals surface area contributed by atoms with Crippen LogP contribution in [0.1, 0.15) is 57.5 Å². The van der Waals surface area contributed by atoms with Crippen LogP contribution in [0.25, 0.3) is 0 Å². The van der Waals surface area contributed by atoms with Gasteiger partial charge in [0.2, 0.25) is 0 Å². The highest BCUT2D eigenvalue weighted by molar-refractivity contribution is 5.14. The molecule has 0 aliphatic rings. The van der Waals surface area contributed by atoms with Crippen LogP contribution >= 0.6 is 0 Å². The van der Waals surface area contributed by atoms with Gasteiger partial charge in [0.15, 0.2) is 0 Å². The SMILES string of the molecule is CCCC(C)CC(NN)c1cc(CC)nn1C. The second-order valence-electron chi connectivity index (χ2n) is 4.89. The van der Waals surface area contributed by atoms with Crippen LogP contribution in [-0.2, 0) is 13.5 Å². The molecule has 0 spiro atoms. The molecule has 0 saturated heterocycles. The predicted molar refractivity (Wildman–Crippen MR) is 71.3 cm³/mol. The Hall–Kier alpha value is -0.870. The summed E-state index contributed by atoms with van der Waals surface area (Å²) in [4.78, 5) is 0. The van der Waals surface area contributed by atoms with Crippen LogP contribution in [0.3, 0.4) is 0 Å². The van der Waals surface area contributed by atoms with Crippen LogP contribution in [0, 0.1) is 5.92 Å². The van der Waals surface area contributed by atoms with Gasteiger partial charge in [-0.3, -0.25) is 16.0 Å². The Morgan fingerprint density at radius 2 is 2.18 bits per heavy atom. The van der Waals surface area contributed by atoms with Crippen molar-refractivity contribution >= 4 is 0 Å². The van der Waals surface area contributed by atoms with Crippen molar-refractivity contribution in [3.63, 3.8) is 0 Å². The van der Waals surface area contributed by atoms with Gasteiger partial charge in [-0.25, -0.2) is 0 Å². The summed E-state index contributed by atoms with van der Waals surface area (Å²) < 4.78 is 1.95. The summed E-state index contributed by atoms with van der Waals surface area (Å²) in [6, 6.07) is 2.36. The number of nitrogens with zero attached hydrogens (tertiary/aromatic N) is 2. The van der Waals surface area contributed by atoms with E-state index in [2.05, 4.69) is 37.4 Å². The first-order chi connectivity index (χ1) is 8.12. The van der Waals surface area contributed by atoms with E-state index in [4.69, 9.17) is 5.84 Å². The second-order valence-corrected chi connectivity index (χ2v) is 4.89. The Morgan fingerprint density at radius 1 is 1.47 bits per heavy atom. The zero-order chi connectivity index (χ0) is 12.8. The average Bonchev–Trinajstić information content (AvgIpc) is 2.68. The number of hydrogen-bond donors (Lipinski definition) is 2. The molecular formula is C13H26N4. The Labute approximate surface area is 105 Å². The summed E-state index contributed by atoms with van der Waals surface area (Å²) >= 11 is 0. The molecule has 3 N–H and O–H groups in total. The largest absolute Gasteiger partial charge is 0.271 e. The minimum atomic E-state index is 0.203. The lowest BCUT2D eigenvalue weighted by Crippen LogP contribution is -2.30. The van der Waals surface area contributed by atoms with Gasteiger partial charge in [0.25, 0.3) is 0 Å². The molecule has 1 aromatic heterocycles. The zero-order valence-corrected chi connectivity index (χ0v) is 11.5. The fourth-order valence-electron chi connectivity index (χ4n) is 2.33. The van der Waals surface area contributed by atoms with Crippen LogP contribution in [-0.4, -0.2) is 9.78 Å². The van der Waals surface area contributed by atoms with Crippen LogP contribution in [0.2, 0.25) is 0 Å². The maximum Gasteiger partial charge on any atom is 0.0631 e. The summed E-state index contributed by atoms with van der Waals surface area (Å²) in [6.45, 7) is 6.63. The maximum absolute atomic E-state index is 5.68. The molecule has 17 heavy (non-hydrogen) atoms. The van der Waals surface area contributed by atoms with Crippen molar-refractivity contribution in [1.29, 1.82) is 0 Å². The monoisotopic (exact) mass is 238 g/mol. The van der Waals surface area contributed by atoms with E-state index >= 15 is 0 Å². The third-order valence-corrected chi connectivity index (χ3v) is 3.31. The predicted octanol–water partition coefficient (Wildman–Crippen LogP) is 2.31. The molecule has 1 rings (SSSR count). The first-order valence-corrected chi connectivity index (χ1v) is 6.61. The Morgan fingerprint density at radius 3 is 2.65 bits per heavy atom. The van der Waals surface area contributed by atoms with Crippen molar-refractivity contribution < 1.29 is 0 Å². The van der Waals surface area contributed by atoms with E-state index in [9.17, 15) is 0 Å². The zero-order valence-electron chi connectivity index (χ0n) is 11.5. The fraction of sp³-hybridized carbons (Fsp3) is 0.769. The van der Waals surface area contributed by atoms with Gasteiger partial charge in [0.1, 0.15) is 0 Å². The van der Waals surface area contributed by atoms with E-state index in [0.29, 0.717) is 5.92 Å². The highest BCUT2D eigenvalue weighted by Crippen LogP contribution is 2.23. The molecule has 1 aromatic rings. The topological polar surface area (TPSA) is 55.9 Å². The van der Waals surface area contributed by atoms with E-state index in [1.807, 2.05) is 11.7 Å². The van der Waals surface area contributed by atoms with Crippen molar-refractivity contribution in [2.75, 3.05) is 0 Å². The van der Waals surface area contributed by atoms with Gasteiger partial charge < -0.3 is 0 Å². The number of hydrazine groups is 1. The molecule has 98 valence electrons. The second kappa shape index (κ2) is 6.77. The number of nitrogens with two attached hydrogens (primary N) is 1. The van der Waals surface area contributed by atoms with Crippen molar-refractivity contribution in [2.24, 2.45) is 18.8 Å². The van der Waals surface area contributed by atoms with E-state index in [1.54, 1.807) is 0 Å². The van der Waals surface area contributed by atoms with Gasteiger partial charge in [-0.2, -0.15) is 5.10 Å². The molecule has 2 unspecified atom stereocenters. The first kappa shape index (κ1) is 14.2. The van der Waals surface area contributed by atoms with E-state index < -0.39 is 0 Å². The third-order valence-electron chi connectivity index (χ3n) is 3.31. The molecular weight excluding hydrogens is 212 g/mol. The molecule has 0 aliphatic carbocycles. The molecule has 4 heteroatoms. The molecule has 0 amide bonds. The minimum absolute atomic E-state index is 0.203. The number of rotatable bonds is 7. The van der Waals surface area contributed by atoms with Crippen molar-refractivity contribution in [3.8, 4) is 0 Å². The van der Waals surface area contributed by atoms with E-state index in [0.717, 1.165) is 18.5 Å². The number of hydrogen-bond acceptors (Lipinski definition) is 3. The number of aryl methyl sites for hydroxylation is 2. The molecule has 2 atom stereocenters. The van der Waals surface area contributed by atoms with Crippen molar-refractivity contribution in [1.82, 2.24) is 15.2 Å². The summed E-state index contributed by atoms with van der Waals surface area (Å²) in [5.74, 6) is 6.36. The lowest BCUT2D eigenvalue weighted by atomic mass is 9.95. The van der Waals surface area contributed by atoms with Gasteiger partial charge in [0, 0.05) is 7.05 Å². The molecule has 4 nitrogen and oxygen atoms in total. The molecule has 0 aromatic carbocycles. The quantitative estimate of drug-likeness (QED) is 0.566. The molecule has 0 saturated carbocycles. The van der Waals surface area contributed by atoms with Gasteiger partial charge in [-0.05, 0) is 24.8 Å². The summed E-state index contributed by atoms with van der Waals surface area (Å²) in [7, 11) is 1.99. The molecule has 0 fully saturated rings. The highest BCUT2D eigenvalue weighted by atomic mass is 15.3. The first-order valence-electron chi connectivity index (χ1n) is 6.61. The fourth-order valence-corrected chi connectivity index (χ4v) is 2.33. The van der Waals surface area contributed by atoms with Gasteiger partial charge in [-0.1, -0.05) is 33.6 Å². The van der Waals surface area contributed by atoms with Crippen LogP contribution < -0.4 is 11.3 Å². The smallest absolute Gasteiger partial charge is 0.0631 e. The Kier molecular flexibility index (Phi) is 5.65. The standard InChI is InChI=1S/C13H26N4/c1-5-7-10(3)8-12(15-14)13-9-11(6-2)16-17(13)4/h9-10,12,15H,5-8,14H2,1-4H3. The van der Waals surface area contributed by atoms with Gasteiger partial charge in [0.05, 0.1) is 17.4 Å². The molecule has 0 bridgehead atoms. The van der Waals surface area contributed by atoms with E-state index in [1.165, 1.54) is 18.5 Å². The lowest BCUT2D eigenvalue weighted by molar-refractivity contribution is 0.380. The molecule has 0 radical (unpaired) electrons. The van der Waals surface area contributed by atoms with Gasteiger partial charge in [-0.15, -0.1) is 0 Å². The summed E-state index contributed by atoms with van der Waals surface area (Å²) in [5, 5.41) is 4.47. The number of nitrogens with one attached hydrogen (secondary N) is 1. The van der Waals surface area contributed by atoms with Gasteiger partial charge >= 0.3 is 0 Å². The Bertz CT molecular complexity index is 332. The minimum Gasteiger partial charge on any atom is -0.271 e. The summed E-state index contributed by atoms with van der Waals surface area (Å²) in [6.07, 6.45) is 4.50.